The predicted molar refractivity (Wildman–Crippen MR) is 119 cm³/mol. The molecule has 30 heavy (non-hydrogen) atoms. The van der Waals surface area contributed by atoms with E-state index in [-0.39, 0.29) is 16.5 Å². The van der Waals surface area contributed by atoms with E-state index in [1.165, 1.54) is 0 Å². The van der Waals surface area contributed by atoms with Gasteiger partial charge in [-0.2, -0.15) is 0 Å². The van der Waals surface area contributed by atoms with Crippen molar-refractivity contribution in [1.82, 2.24) is 19.9 Å². The van der Waals surface area contributed by atoms with Crippen LogP contribution in [0.25, 0.3) is 0 Å². The monoisotopic (exact) mass is 434 g/mol. The van der Waals surface area contributed by atoms with Crippen LogP contribution in [0, 0.1) is 13.8 Å². The lowest BCUT2D eigenvalue weighted by molar-refractivity contribution is 0.823. The minimum absolute atomic E-state index is 0. The number of pyridine rings is 2. The average molecular weight is 435 g/mol. The Morgan fingerprint density at radius 2 is 1.77 bits per heavy atom. The van der Waals surface area contributed by atoms with Crippen LogP contribution in [0.3, 0.4) is 0 Å². The van der Waals surface area contributed by atoms with Crippen molar-refractivity contribution in [2.24, 2.45) is 0 Å². The van der Waals surface area contributed by atoms with E-state index in [1.807, 2.05) is 32.0 Å². The summed E-state index contributed by atoms with van der Waals surface area (Å²) in [7, 11) is 0. The van der Waals surface area contributed by atoms with Gasteiger partial charge in [-0.25, -0.2) is 9.97 Å². The lowest BCUT2D eigenvalue weighted by Gasteiger charge is -2.09. The van der Waals surface area contributed by atoms with Gasteiger partial charge < -0.3 is 21.6 Å². The van der Waals surface area contributed by atoms with Crippen molar-refractivity contribution in [3.05, 3.63) is 74.6 Å². The number of aryl methyl sites for hydroxylation is 2. The van der Waals surface area contributed by atoms with Crippen molar-refractivity contribution in [2.45, 2.75) is 26.7 Å². The number of H-pyrrole nitrogens is 1. The second-order valence-electron chi connectivity index (χ2n) is 6.60. The maximum absolute atomic E-state index is 12.3. The highest BCUT2D eigenvalue weighted by Gasteiger charge is 2.05. The lowest BCUT2D eigenvalue weighted by Crippen LogP contribution is -2.18. The molecule has 0 fully saturated rings. The summed E-state index contributed by atoms with van der Waals surface area (Å²) in [6.45, 7) is 5.30. The van der Waals surface area contributed by atoms with E-state index in [2.05, 4.69) is 30.6 Å². The Bertz CT molecular complexity index is 995. The summed E-state index contributed by atoms with van der Waals surface area (Å²) in [4.78, 5) is 27.9. The van der Waals surface area contributed by atoms with Gasteiger partial charge in [-0.15, -0.1) is 0 Å². The van der Waals surface area contributed by atoms with E-state index < -0.39 is 0 Å². The molecule has 10 heteroatoms. The molecule has 0 saturated heterocycles. The molecule has 3 aromatic heterocycles. The van der Waals surface area contributed by atoms with Crippen molar-refractivity contribution in [3.8, 4) is 0 Å². The molecule has 3 heterocycles. The quantitative estimate of drug-likeness (QED) is 0.457. The Hall–Kier alpha value is -3.01. The maximum atomic E-state index is 12.3. The first-order valence-electron chi connectivity index (χ1n) is 9.11. The fraction of sp³-hybridized carbons (Fsp3) is 0.300. The Kier molecular flexibility index (Phi) is 9.90. The highest BCUT2D eigenvalue weighted by Crippen LogP contribution is 2.15. The van der Waals surface area contributed by atoms with E-state index in [0.29, 0.717) is 29.5 Å². The number of nitrogens with zero attached hydrogens (tertiary/aromatic N) is 3. The Balaban J connectivity index is 0.00000225. The zero-order valence-corrected chi connectivity index (χ0v) is 17.7. The molecule has 0 radical (unpaired) electrons. The first-order valence-corrected chi connectivity index (χ1v) is 9.48. The minimum Gasteiger partial charge on any atom is -0.412 e. The molecular weight excluding hydrogens is 408 g/mol. The molecule has 0 atom stereocenters. The molecular formula is C20H27ClN6O3. The molecule has 9 nitrogen and oxygen atoms in total. The van der Waals surface area contributed by atoms with Crippen LogP contribution in [0.15, 0.2) is 41.6 Å². The molecule has 0 aliphatic carbocycles. The maximum Gasteiger partial charge on any atom is 0.255 e. The van der Waals surface area contributed by atoms with E-state index >= 15 is 0 Å². The van der Waals surface area contributed by atoms with Crippen LogP contribution >= 0.6 is 11.6 Å². The molecule has 162 valence electrons. The summed E-state index contributed by atoms with van der Waals surface area (Å²) in [6, 6.07) is 5.78. The first kappa shape index (κ1) is 25.0. The van der Waals surface area contributed by atoms with Gasteiger partial charge in [0, 0.05) is 49.4 Å². The van der Waals surface area contributed by atoms with Gasteiger partial charge in [0.15, 0.2) is 0 Å². The number of hydrogen-bond donors (Lipinski definition) is 3. The van der Waals surface area contributed by atoms with Crippen molar-refractivity contribution in [1.29, 1.82) is 0 Å². The van der Waals surface area contributed by atoms with Crippen molar-refractivity contribution >= 4 is 23.4 Å². The fourth-order valence-electron chi connectivity index (χ4n) is 2.69. The normalized spacial score (nSPS) is 9.97. The predicted octanol–water partition coefficient (Wildman–Crippen LogP) is 1.69. The van der Waals surface area contributed by atoms with Gasteiger partial charge in [0.1, 0.15) is 5.82 Å². The summed E-state index contributed by atoms with van der Waals surface area (Å²) < 4.78 is 0. The van der Waals surface area contributed by atoms with Crippen LogP contribution in [0.4, 0.5) is 11.8 Å². The molecule has 0 unspecified atom stereocenters. The van der Waals surface area contributed by atoms with Crippen molar-refractivity contribution in [2.75, 3.05) is 23.7 Å². The highest BCUT2D eigenvalue weighted by atomic mass is 35.5. The smallest absolute Gasteiger partial charge is 0.255 e. The van der Waals surface area contributed by atoms with Gasteiger partial charge in [-0.3, -0.25) is 14.8 Å². The number of hydrogen-bond acceptors (Lipinski definition) is 6. The second kappa shape index (κ2) is 11.9. The highest BCUT2D eigenvalue weighted by molar-refractivity contribution is 6.30. The molecule has 0 saturated carbocycles. The molecule has 3 aromatic rings. The van der Waals surface area contributed by atoms with Crippen LogP contribution in [0.5, 0.6) is 0 Å². The van der Waals surface area contributed by atoms with Gasteiger partial charge >= 0.3 is 0 Å². The van der Waals surface area contributed by atoms with Crippen LogP contribution in [-0.4, -0.2) is 44.0 Å². The zero-order valence-electron chi connectivity index (χ0n) is 16.9. The molecule has 3 rings (SSSR count). The summed E-state index contributed by atoms with van der Waals surface area (Å²) in [6.07, 6.45) is 6.36. The second-order valence-corrected chi connectivity index (χ2v) is 7.03. The molecule has 0 spiro atoms. The first-order chi connectivity index (χ1) is 13.5. The van der Waals surface area contributed by atoms with Crippen molar-refractivity contribution < 1.29 is 11.0 Å². The van der Waals surface area contributed by atoms with E-state index in [4.69, 9.17) is 11.6 Å². The van der Waals surface area contributed by atoms with Gasteiger partial charge in [-0.1, -0.05) is 17.7 Å². The molecule has 0 aliphatic heterocycles. The number of rotatable bonds is 8. The molecule has 0 bridgehead atoms. The van der Waals surface area contributed by atoms with E-state index in [9.17, 15) is 4.79 Å². The number of nitrogens with one attached hydrogen (secondary N) is 3. The minimum atomic E-state index is -0.141. The Labute approximate surface area is 179 Å². The van der Waals surface area contributed by atoms with E-state index in [0.717, 1.165) is 35.6 Å². The molecule has 0 amide bonds. The third-order valence-electron chi connectivity index (χ3n) is 4.22. The summed E-state index contributed by atoms with van der Waals surface area (Å²) in [5, 5.41) is 7.03. The SMILES string of the molecule is Cc1ccc(Cc2cnc(NCCCNc3ncc(Cl)cc3C)[nH]c2=O)cn1.O.O. The summed E-state index contributed by atoms with van der Waals surface area (Å²) >= 11 is 5.90. The molecule has 7 N–H and O–H groups in total. The van der Waals surface area contributed by atoms with Gasteiger partial charge in [-0.05, 0) is 43.5 Å². The van der Waals surface area contributed by atoms with Gasteiger partial charge in [0.05, 0.1) is 5.02 Å². The number of aromatic nitrogens is 4. The van der Waals surface area contributed by atoms with Crippen molar-refractivity contribution in [3.63, 3.8) is 0 Å². The van der Waals surface area contributed by atoms with Crippen LogP contribution < -0.4 is 16.2 Å². The number of anilines is 2. The third kappa shape index (κ3) is 7.11. The summed E-state index contributed by atoms with van der Waals surface area (Å²) in [5.74, 6) is 1.29. The van der Waals surface area contributed by atoms with Gasteiger partial charge in [0.2, 0.25) is 5.95 Å². The lowest BCUT2D eigenvalue weighted by atomic mass is 10.1. The average Bonchev–Trinajstić information content (AvgIpc) is 2.67. The van der Waals surface area contributed by atoms with E-state index in [1.54, 1.807) is 18.6 Å². The number of aromatic amines is 1. The van der Waals surface area contributed by atoms with Crippen LogP contribution in [0.2, 0.25) is 5.02 Å². The standard InChI is InChI=1S/C20H23ClN6O.2H2O/c1-13-8-17(21)12-25-18(13)22-6-3-7-23-20-26-11-16(19(28)27-20)9-15-5-4-14(2)24-10-15;;/h4-5,8,10-12H,3,6-7,9H2,1-2H3,(H,22,25)(H2,23,26,27,28);2*1H2. The Morgan fingerprint density at radius 1 is 1.00 bits per heavy atom. The summed E-state index contributed by atoms with van der Waals surface area (Å²) in [5.41, 5.74) is 3.41. The third-order valence-corrected chi connectivity index (χ3v) is 4.43. The Morgan fingerprint density at radius 3 is 2.43 bits per heavy atom. The fourth-order valence-corrected chi connectivity index (χ4v) is 2.90. The number of halogens is 1. The largest absolute Gasteiger partial charge is 0.412 e. The van der Waals surface area contributed by atoms with Crippen LogP contribution in [-0.2, 0) is 6.42 Å². The van der Waals surface area contributed by atoms with Gasteiger partial charge in [0.25, 0.3) is 5.56 Å². The van der Waals surface area contributed by atoms with Crippen LogP contribution in [0.1, 0.15) is 28.8 Å². The topological polar surface area (TPSA) is 159 Å². The molecule has 0 aliphatic rings. The zero-order chi connectivity index (χ0) is 19.9. The molecule has 0 aromatic carbocycles.